The number of hydrogen-bond acceptors (Lipinski definition) is 1. The fraction of sp³-hybridized carbons (Fsp3) is 0.167. The van der Waals surface area contributed by atoms with Gasteiger partial charge in [-0.25, -0.2) is 4.39 Å². The van der Waals surface area contributed by atoms with Crippen molar-refractivity contribution in [2.45, 2.75) is 11.2 Å². The smallest absolute Gasteiger partial charge is 0.124 e. The molecule has 0 aliphatic carbocycles. The first kappa shape index (κ1) is 12.1. The van der Waals surface area contributed by atoms with Gasteiger partial charge in [-0.3, -0.25) is 0 Å². The van der Waals surface area contributed by atoms with Crippen LogP contribution in [0.2, 0.25) is 5.02 Å². The van der Waals surface area contributed by atoms with Crippen molar-refractivity contribution in [3.63, 3.8) is 0 Å². The molecule has 1 aromatic carbocycles. The van der Waals surface area contributed by atoms with Gasteiger partial charge in [-0.05, 0) is 35.6 Å². The predicted octanol–water partition coefficient (Wildman–Crippen LogP) is 5.22. The highest BCUT2D eigenvalue weighted by Crippen LogP contribution is 2.33. The SMILES string of the molecule is Fc1ccc(C(Br)Cc2cccs2)c(Cl)c1. The highest BCUT2D eigenvalue weighted by atomic mass is 79.9. The summed E-state index contributed by atoms with van der Waals surface area (Å²) in [6.07, 6.45) is 0.864. The lowest BCUT2D eigenvalue weighted by Crippen LogP contribution is -1.95. The summed E-state index contributed by atoms with van der Waals surface area (Å²) in [6.45, 7) is 0. The van der Waals surface area contributed by atoms with E-state index in [0.717, 1.165) is 12.0 Å². The molecule has 1 atom stereocenters. The Morgan fingerprint density at radius 1 is 1.38 bits per heavy atom. The summed E-state index contributed by atoms with van der Waals surface area (Å²) < 4.78 is 12.9. The number of thiophene rings is 1. The van der Waals surface area contributed by atoms with Gasteiger partial charge in [-0.2, -0.15) is 0 Å². The van der Waals surface area contributed by atoms with Crippen LogP contribution in [0.3, 0.4) is 0 Å². The van der Waals surface area contributed by atoms with Crippen molar-refractivity contribution < 1.29 is 4.39 Å². The molecule has 2 aromatic rings. The highest BCUT2D eigenvalue weighted by Gasteiger charge is 2.13. The van der Waals surface area contributed by atoms with E-state index in [1.54, 1.807) is 17.4 Å². The molecule has 1 heterocycles. The van der Waals surface area contributed by atoms with Gasteiger partial charge in [0.15, 0.2) is 0 Å². The van der Waals surface area contributed by atoms with Gasteiger partial charge in [0.2, 0.25) is 0 Å². The molecular weight excluding hydrogens is 311 g/mol. The van der Waals surface area contributed by atoms with E-state index >= 15 is 0 Å². The Labute approximate surface area is 111 Å². The Bertz CT molecular complexity index is 470. The summed E-state index contributed by atoms with van der Waals surface area (Å²) >= 11 is 11.3. The lowest BCUT2D eigenvalue weighted by atomic mass is 10.1. The summed E-state index contributed by atoms with van der Waals surface area (Å²) in [6, 6.07) is 8.61. The van der Waals surface area contributed by atoms with Gasteiger partial charge in [0.05, 0.1) is 0 Å². The van der Waals surface area contributed by atoms with E-state index in [0.29, 0.717) is 5.02 Å². The number of halogens is 3. The van der Waals surface area contributed by atoms with E-state index < -0.39 is 0 Å². The molecule has 4 heteroatoms. The molecule has 0 fully saturated rings. The van der Waals surface area contributed by atoms with Crippen LogP contribution in [-0.4, -0.2) is 0 Å². The van der Waals surface area contributed by atoms with Crippen molar-refractivity contribution >= 4 is 38.9 Å². The van der Waals surface area contributed by atoms with Crippen LogP contribution in [-0.2, 0) is 6.42 Å². The van der Waals surface area contributed by atoms with E-state index in [2.05, 4.69) is 22.0 Å². The van der Waals surface area contributed by atoms with E-state index in [4.69, 9.17) is 11.6 Å². The molecule has 2 rings (SSSR count). The number of hydrogen-bond donors (Lipinski definition) is 0. The van der Waals surface area contributed by atoms with E-state index in [-0.39, 0.29) is 10.6 Å². The third-order valence-corrected chi connectivity index (χ3v) is 4.30. The zero-order valence-electron chi connectivity index (χ0n) is 8.29. The minimum Gasteiger partial charge on any atom is -0.207 e. The zero-order chi connectivity index (χ0) is 11.5. The molecule has 0 aliphatic rings. The molecule has 1 unspecified atom stereocenters. The Morgan fingerprint density at radius 3 is 2.81 bits per heavy atom. The predicted molar refractivity (Wildman–Crippen MR) is 71.1 cm³/mol. The van der Waals surface area contributed by atoms with E-state index in [1.807, 2.05) is 11.4 Å². The minimum atomic E-state index is -0.301. The topological polar surface area (TPSA) is 0 Å². The van der Waals surface area contributed by atoms with Gasteiger partial charge in [0.1, 0.15) is 5.82 Å². The van der Waals surface area contributed by atoms with Crippen LogP contribution >= 0.6 is 38.9 Å². The van der Waals surface area contributed by atoms with Gasteiger partial charge < -0.3 is 0 Å². The highest BCUT2D eigenvalue weighted by molar-refractivity contribution is 9.09. The van der Waals surface area contributed by atoms with Crippen LogP contribution in [0.5, 0.6) is 0 Å². The van der Waals surface area contributed by atoms with Gasteiger partial charge in [-0.1, -0.05) is 39.7 Å². The minimum absolute atomic E-state index is 0.124. The average Bonchev–Trinajstić information content (AvgIpc) is 2.70. The second-order valence-electron chi connectivity index (χ2n) is 3.42. The number of benzene rings is 1. The Morgan fingerprint density at radius 2 is 2.19 bits per heavy atom. The summed E-state index contributed by atoms with van der Waals surface area (Å²) in [5.74, 6) is -0.301. The van der Waals surface area contributed by atoms with Crippen molar-refractivity contribution in [2.75, 3.05) is 0 Å². The van der Waals surface area contributed by atoms with Crippen molar-refractivity contribution in [1.29, 1.82) is 0 Å². The molecule has 0 nitrogen and oxygen atoms in total. The van der Waals surface area contributed by atoms with Crippen LogP contribution in [0.4, 0.5) is 4.39 Å². The Hall–Kier alpha value is -0.380. The molecule has 0 aliphatic heterocycles. The molecule has 0 N–H and O–H groups in total. The summed E-state index contributed by atoms with van der Waals surface area (Å²) in [5.41, 5.74) is 0.927. The lowest BCUT2D eigenvalue weighted by Gasteiger charge is -2.10. The second-order valence-corrected chi connectivity index (χ2v) is 5.96. The van der Waals surface area contributed by atoms with E-state index in [9.17, 15) is 4.39 Å². The second kappa shape index (κ2) is 5.30. The third kappa shape index (κ3) is 2.84. The summed E-state index contributed by atoms with van der Waals surface area (Å²) in [4.78, 5) is 1.40. The van der Waals surface area contributed by atoms with Crippen LogP contribution in [0, 0.1) is 5.82 Å². The van der Waals surface area contributed by atoms with Crippen molar-refractivity contribution in [1.82, 2.24) is 0 Å². The quantitative estimate of drug-likeness (QED) is 0.680. The largest absolute Gasteiger partial charge is 0.207 e. The standard InChI is InChI=1S/C12H9BrClFS/c13-11(7-9-2-1-5-16-9)10-4-3-8(15)6-12(10)14/h1-6,11H,7H2. The molecular formula is C12H9BrClFS. The van der Waals surface area contributed by atoms with Gasteiger partial charge in [-0.15, -0.1) is 11.3 Å². The summed E-state index contributed by atoms with van der Waals surface area (Å²) in [5, 5.41) is 2.51. The molecule has 0 bridgehead atoms. The monoisotopic (exact) mass is 318 g/mol. The number of alkyl halides is 1. The van der Waals surface area contributed by atoms with Crippen LogP contribution in [0.15, 0.2) is 35.7 Å². The van der Waals surface area contributed by atoms with Gasteiger partial charge >= 0.3 is 0 Å². The Kier molecular flexibility index (Phi) is 4.00. The molecule has 1 aromatic heterocycles. The van der Waals surface area contributed by atoms with Crippen LogP contribution < -0.4 is 0 Å². The summed E-state index contributed by atoms with van der Waals surface area (Å²) in [7, 11) is 0. The van der Waals surface area contributed by atoms with Crippen molar-refractivity contribution in [2.24, 2.45) is 0 Å². The average molecular weight is 320 g/mol. The normalized spacial score (nSPS) is 12.7. The fourth-order valence-electron chi connectivity index (χ4n) is 1.47. The maximum atomic E-state index is 12.9. The third-order valence-electron chi connectivity index (χ3n) is 2.26. The first-order valence-electron chi connectivity index (χ1n) is 4.78. The molecule has 0 spiro atoms. The first-order valence-corrected chi connectivity index (χ1v) is 6.95. The maximum absolute atomic E-state index is 12.9. The molecule has 0 radical (unpaired) electrons. The van der Waals surface area contributed by atoms with Gasteiger partial charge in [0, 0.05) is 14.7 Å². The maximum Gasteiger partial charge on any atom is 0.124 e. The molecule has 16 heavy (non-hydrogen) atoms. The number of rotatable bonds is 3. The lowest BCUT2D eigenvalue weighted by molar-refractivity contribution is 0.627. The first-order chi connectivity index (χ1) is 7.66. The van der Waals surface area contributed by atoms with E-state index in [1.165, 1.54) is 17.0 Å². The molecule has 0 amide bonds. The zero-order valence-corrected chi connectivity index (χ0v) is 11.4. The molecule has 84 valence electrons. The van der Waals surface area contributed by atoms with Crippen LogP contribution in [0.25, 0.3) is 0 Å². The van der Waals surface area contributed by atoms with Crippen molar-refractivity contribution in [3.8, 4) is 0 Å². The van der Waals surface area contributed by atoms with Gasteiger partial charge in [0.25, 0.3) is 0 Å². The molecule has 0 saturated carbocycles. The Balaban J connectivity index is 2.17. The van der Waals surface area contributed by atoms with Crippen LogP contribution in [0.1, 0.15) is 15.3 Å². The molecule has 0 saturated heterocycles. The fourth-order valence-corrected chi connectivity index (χ4v) is 3.62. The van der Waals surface area contributed by atoms with Crippen molar-refractivity contribution in [3.05, 3.63) is 57.0 Å².